The molecule has 1 saturated carbocycles. The van der Waals surface area contributed by atoms with Crippen molar-refractivity contribution < 1.29 is 13.2 Å². The molecule has 0 atom stereocenters. The van der Waals surface area contributed by atoms with Crippen LogP contribution in [0.2, 0.25) is 0 Å². The van der Waals surface area contributed by atoms with Crippen molar-refractivity contribution in [2.24, 2.45) is 5.92 Å². The third kappa shape index (κ3) is 4.11. The van der Waals surface area contributed by atoms with Crippen LogP contribution in [0.5, 0.6) is 5.75 Å². The summed E-state index contributed by atoms with van der Waals surface area (Å²) < 4.78 is 28.1. The van der Waals surface area contributed by atoms with Gasteiger partial charge in [0.05, 0.1) is 11.0 Å². The lowest BCUT2D eigenvalue weighted by Crippen LogP contribution is -2.23. The van der Waals surface area contributed by atoms with E-state index >= 15 is 0 Å². The van der Waals surface area contributed by atoms with Gasteiger partial charge in [0.25, 0.3) is 9.05 Å². The van der Waals surface area contributed by atoms with Crippen molar-refractivity contribution in [2.75, 3.05) is 0 Å². The Bertz CT molecular complexity index is 502. The molecular formula is C14H19ClO3S. The molecule has 106 valence electrons. The Labute approximate surface area is 119 Å². The van der Waals surface area contributed by atoms with E-state index in [1.165, 1.54) is 31.4 Å². The standard InChI is InChI=1S/C14H19ClO3S/c1-2-11-3-5-12(6-4-11)18-13-7-9-14(10-8-13)19(15,16)17/h7-12H,2-6H2,1H3. The van der Waals surface area contributed by atoms with Gasteiger partial charge in [0.2, 0.25) is 0 Å². The van der Waals surface area contributed by atoms with Crippen molar-refractivity contribution in [1.82, 2.24) is 0 Å². The fourth-order valence-electron chi connectivity index (χ4n) is 2.53. The number of halogens is 1. The molecule has 19 heavy (non-hydrogen) atoms. The van der Waals surface area contributed by atoms with E-state index in [9.17, 15) is 8.42 Å². The Morgan fingerprint density at radius 2 is 1.74 bits per heavy atom. The van der Waals surface area contributed by atoms with Crippen LogP contribution in [-0.4, -0.2) is 14.5 Å². The SMILES string of the molecule is CCC1CCC(Oc2ccc(S(=O)(=O)Cl)cc2)CC1. The maximum atomic E-state index is 11.1. The first-order chi connectivity index (χ1) is 8.99. The van der Waals surface area contributed by atoms with Crippen molar-refractivity contribution in [3.05, 3.63) is 24.3 Å². The van der Waals surface area contributed by atoms with Crippen LogP contribution >= 0.6 is 10.7 Å². The minimum Gasteiger partial charge on any atom is -0.490 e. The summed E-state index contributed by atoms with van der Waals surface area (Å²) in [7, 11) is 1.62. The van der Waals surface area contributed by atoms with Crippen molar-refractivity contribution >= 4 is 19.7 Å². The number of hydrogen-bond donors (Lipinski definition) is 0. The maximum Gasteiger partial charge on any atom is 0.261 e. The number of benzene rings is 1. The normalized spacial score (nSPS) is 24.1. The molecule has 1 aliphatic carbocycles. The van der Waals surface area contributed by atoms with Gasteiger partial charge >= 0.3 is 0 Å². The molecule has 1 aromatic carbocycles. The highest BCUT2D eigenvalue weighted by Gasteiger charge is 2.21. The molecule has 0 aromatic heterocycles. The monoisotopic (exact) mass is 302 g/mol. The molecule has 0 spiro atoms. The van der Waals surface area contributed by atoms with Crippen molar-refractivity contribution in [3.63, 3.8) is 0 Å². The lowest BCUT2D eigenvalue weighted by atomic mass is 9.86. The quantitative estimate of drug-likeness (QED) is 0.791. The van der Waals surface area contributed by atoms with Gasteiger partial charge in [-0.15, -0.1) is 0 Å². The van der Waals surface area contributed by atoms with Gasteiger partial charge in [-0.1, -0.05) is 13.3 Å². The van der Waals surface area contributed by atoms with Gasteiger partial charge in [-0.2, -0.15) is 0 Å². The van der Waals surface area contributed by atoms with E-state index in [1.54, 1.807) is 12.1 Å². The third-order valence-electron chi connectivity index (χ3n) is 3.78. The van der Waals surface area contributed by atoms with Crippen molar-refractivity contribution in [1.29, 1.82) is 0 Å². The van der Waals surface area contributed by atoms with Crippen LogP contribution in [0.1, 0.15) is 39.0 Å². The van der Waals surface area contributed by atoms with Crippen LogP contribution in [0.25, 0.3) is 0 Å². The summed E-state index contributed by atoms with van der Waals surface area (Å²) in [6.07, 6.45) is 6.09. The first-order valence-corrected chi connectivity index (χ1v) is 9.01. The van der Waals surface area contributed by atoms with Gasteiger partial charge in [-0.05, 0) is 55.9 Å². The molecule has 3 nitrogen and oxygen atoms in total. The largest absolute Gasteiger partial charge is 0.490 e. The van der Waals surface area contributed by atoms with Gasteiger partial charge in [0, 0.05) is 10.7 Å². The summed E-state index contributed by atoms with van der Waals surface area (Å²) in [5.41, 5.74) is 0. The summed E-state index contributed by atoms with van der Waals surface area (Å²) in [6.45, 7) is 2.23. The highest BCUT2D eigenvalue weighted by molar-refractivity contribution is 8.13. The third-order valence-corrected chi connectivity index (χ3v) is 5.15. The van der Waals surface area contributed by atoms with Gasteiger partial charge in [-0.3, -0.25) is 0 Å². The zero-order chi connectivity index (χ0) is 13.9. The Balaban J connectivity index is 1.94. The molecular weight excluding hydrogens is 284 g/mol. The maximum absolute atomic E-state index is 11.1. The Hall–Kier alpha value is -0.740. The molecule has 1 fully saturated rings. The second kappa shape index (κ2) is 6.14. The predicted molar refractivity (Wildman–Crippen MR) is 76.1 cm³/mol. The molecule has 1 aromatic rings. The van der Waals surface area contributed by atoms with E-state index in [0.717, 1.165) is 18.8 Å². The summed E-state index contributed by atoms with van der Waals surface area (Å²) in [6, 6.07) is 6.30. The number of rotatable bonds is 4. The lowest BCUT2D eigenvalue weighted by Gasteiger charge is -2.28. The van der Waals surface area contributed by atoms with Crippen LogP contribution in [0, 0.1) is 5.92 Å². The predicted octanol–water partition coefficient (Wildman–Crippen LogP) is 3.96. The molecule has 0 aliphatic heterocycles. The average molecular weight is 303 g/mol. The van der Waals surface area contributed by atoms with Gasteiger partial charge in [0.1, 0.15) is 5.75 Å². The zero-order valence-corrected chi connectivity index (χ0v) is 12.6. The molecule has 0 unspecified atom stereocenters. The van der Waals surface area contributed by atoms with Gasteiger partial charge < -0.3 is 4.74 Å². The van der Waals surface area contributed by atoms with E-state index < -0.39 is 9.05 Å². The van der Waals surface area contributed by atoms with Crippen molar-refractivity contribution in [2.45, 2.75) is 50.0 Å². The topological polar surface area (TPSA) is 43.4 Å². The Morgan fingerprint density at radius 1 is 1.16 bits per heavy atom. The molecule has 0 radical (unpaired) electrons. The lowest BCUT2D eigenvalue weighted by molar-refractivity contribution is 0.130. The molecule has 0 N–H and O–H groups in total. The average Bonchev–Trinajstić information content (AvgIpc) is 2.39. The van der Waals surface area contributed by atoms with Crippen LogP contribution in [-0.2, 0) is 9.05 Å². The van der Waals surface area contributed by atoms with E-state index in [4.69, 9.17) is 15.4 Å². The summed E-state index contributed by atoms with van der Waals surface area (Å²) >= 11 is 0. The van der Waals surface area contributed by atoms with E-state index in [0.29, 0.717) is 5.75 Å². The fraction of sp³-hybridized carbons (Fsp3) is 0.571. The fourth-order valence-corrected chi connectivity index (χ4v) is 3.30. The van der Waals surface area contributed by atoms with E-state index in [2.05, 4.69) is 6.92 Å². The number of ether oxygens (including phenoxy) is 1. The molecule has 5 heteroatoms. The zero-order valence-electron chi connectivity index (χ0n) is 11.0. The van der Waals surface area contributed by atoms with E-state index in [1.807, 2.05) is 0 Å². The first-order valence-electron chi connectivity index (χ1n) is 6.70. The second-order valence-electron chi connectivity index (χ2n) is 5.08. The molecule has 1 aliphatic rings. The summed E-state index contributed by atoms with van der Waals surface area (Å²) in [5.74, 6) is 1.55. The molecule has 2 rings (SSSR count). The minimum atomic E-state index is -3.65. The highest BCUT2D eigenvalue weighted by atomic mass is 35.7. The second-order valence-corrected chi connectivity index (χ2v) is 7.64. The van der Waals surface area contributed by atoms with Crippen molar-refractivity contribution in [3.8, 4) is 5.75 Å². The summed E-state index contributed by atoms with van der Waals surface area (Å²) in [4.78, 5) is 0.108. The van der Waals surface area contributed by atoms with Gasteiger partial charge in [-0.25, -0.2) is 8.42 Å². The molecule has 0 bridgehead atoms. The van der Waals surface area contributed by atoms with Gasteiger partial charge in [0.15, 0.2) is 0 Å². The first kappa shape index (κ1) is 14.7. The number of hydrogen-bond acceptors (Lipinski definition) is 3. The smallest absolute Gasteiger partial charge is 0.261 e. The van der Waals surface area contributed by atoms with Crippen LogP contribution in [0.4, 0.5) is 0 Å². The molecule has 0 heterocycles. The van der Waals surface area contributed by atoms with Crippen LogP contribution in [0.3, 0.4) is 0 Å². The van der Waals surface area contributed by atoms with Crippen LogP contribution in [0.15, 0.2) is 29.2 Å². The minimum absolute atomic E-state index is 0.108. The Morgan fingerprint density at radius 3 is 2.21 bits per heavy atom. The highest BCUT2D eigenvalue weighted by Crippen LogP contribution is 2.29. The van der Waals surface area contributed by atoms with Crippen LogP contribution < -0.4 is 4.74 Å². The Kier molecular flexibility index (Phi) is 4.74. The van der Waals surface area contributed by atoms with E-state index in [-0.39, 0.29) is 11.0 Å². The molecule has 0 amide bonds. The molecule has 0 saturated heterocycles. The summed E-state index contributed by atoms with van der Waals surface area (Å²) in [5, 5.41) is 0.